The molecule has 0 radical (unpaired) electrons. The van der Waals surface area contributed by atoms with E-state index in [1.165, 1.54) is 31.4 Å². The first-order valence-electron chi connectivity index (χ1n) is 8.35. The third-order valence-electron chi connectivity index (χ3n) is 4.35. The lowest BCUT2D eigenvalue weighted by molar-refractivity contribution is 0.270. The molecule has 21 heavy (non-hydrogen) atoms. The van der Waals surface area contributed by atoms with E-state index >= 15 is 0 Å². The van der Waals surface area contributed by atoms with E-state index in [9.17, 15) is 0 Å². The Morgan fingerprint density at radius 3 is 2.90 bits per heavy atom. The van der Waals surface area contributed by atoms with Crippen LogP contribution in [0.15, 0.2) is 18.3 Å². The first kappa shape index (κ1) is 16.2. The molecule has 1 aromatic rings. The third kappa shape index (κ3) is 4.68. The van der Waals surface area contributed by atoms with Gasteiger partial charge in [-0.15, -0.1) is 0 Å². The number of hydrogen-bond acceptors (Lipinski definition) is 4. The summed E-state index contributed by atoms with van der Waals surface area (Å²) in [7, 11) is 2.16. The maximum Gasteiger partial charge on any atom is 0.128 e. The van der Waals surface area contributed by atoms with E-state index in [-0.39, 0.29) is 0 Å². The highest BCUT2D eigenvalue weighted by Crippen LogP contribution is 2.19. The van der Waals surface area contributed by atoms with E-state index in [2.05, 4.69) is 53.1 Å². The monoisotopic (exact) mass is 290 g/mol. The Labute approximate surface area is 129 Å². The fourth-order valence-electron chi connectivity index (χ4n) is 3.08. The number of nitrogens with zero attached hydrogens (tertiary/aromatic N) is 3. The van der Waals surface area contributed by atoms with E-state index < -0.39 is 0 Å². The van der Waals surface area contributed by atoms with Gasteiger partial charge in [0.25, 0.3) is 0 Å². The van der Waals surface area contributed by atoms with Crippen molar-refractivity contribution in [2.45, 2.75) is 45.7 Å². The number of hydrogen-bond donors (Lipinski definition) is 1. The van der Waals surface area contributed by atoms with Crippen molar-refractivity contribution in [3.63, 3.8) is 0 Å². The van der Waals surface area contributed by atoms with Crippen LogP contribution in [0.2, 0.25) is 0 Å². The molecule has 0 bridgehead atoms. The zero-order valence-electron chi connectivity index (χ0n) is 13.8. The molecule has 2 heterocycles. The van der Waals surface area contributed by atoms with Crippen molar-refractivity contribution < 1.29 is 0 Å². The standard InChI is InChI=1S/C17H30N4/c1-4-10-18-12-15-8-9-17(19-13-15)20(3)14-16-7-6-11-21(16)5-2/h8-9,13,16,18H,4-7,10-12,14H2,1-3H3. The molecule has 0 saturated carbocycles. The minimum Gasteiger partial charge on any atom is -0.358 e. The SMILES string of the molecule is CCCNCc1ccc(N(C)CC2CCCN2CC)nc1. The van der Waals surface area contributed by atoms with Crippen molar-refractivity contribution in [1.29, 1.82) is 0 Å². The van der Waals surface area contributed by atoms with E-state index in [0.29, 0.717) is 6.04 Å². The first-order chi connectivity index (χ1) is 10.2. The molecule has 1 aliphatic heterocycles. The summed E-state index contributed by atoms with van der Waals surface area (Å²) in [5, 5.41) is 3.41. The van der Waals surface area contributed by atoms with Gasteiger partial charge in [0.2, 0.25) is 0 Å². The van der Waals surface area contributed by atoms with Gasteiger partial charge in [0.05, 0.1) is 0 Å². The highest BCUT2D eigenvalue weighted by molar-refractivity contribution is 5.38. The summed E-state index contributed by atoms with van der Waals surface area (Å²) >= 11 is 0. The van der Waals surface area contributed by atoms with Gasteiger partial charge in [-0.1, -0.05) is 19.9 Å². The lowest BCUT2D eigenvalue weighted by atomic mass is 10.2. The molecule has 118 valence electrons. The molecule has 1 aliphatic rings. The molecule has 1 N–H and O–H groups in total. The average molecular weight is 290 g/mol. The zero-order valence-corrected chi connectivity index (χ0v) is 13.8. The molecule has 1 saturated heterocycles. The predicted molar refractivity (Wildman–Crippen MR) is 89.8 cm³/mol. The van der Waals surface area contributed by atoms with Gasteiger partial charge >= 0.3 is 0 Å². The Morgan fingerprint density at radius 1 is 1.38 bits per heavy atom. The van der Waals surface area contributed by atoms with Crippen LogP contribution in [0, 0.1) is 0 Å². The maximum absolute atomic E-state index is 4.62. The summed E-state index contributed by atoms with van der Waals surface area (Å²) < 4.78 is 0. The Hall–Kier alpha value is -1.13. The molecule has 1 fully saturated rings. The second kappa shape index (κ2) is 8.35. The minimum atomic E-state index is 0.688. The minimum absolute atomic E-state index is 0.688. The molecular weight excluding hydrogens is 260 g/mol. The van der Waals surface area contributed by atoms with Gasteiger partial charge in [-0.3, -0.25) is 4.90 Å². The third-order valence-corrected chi connectivity index (χ3v) is 4.35. The molecule has 0 amide bonds. The summed E-state index contributed by atoms with van der Waals surface area (Å²) in [5.41, 5.74) is 1.26. The number of rotatable bonds is 8. The molecule has 0 aromatic carbocycles. The molecule has 2 rings (SSSR count). The first-order valence-corrected chi connectivity index (χ1v) is 8.35. The molecule has 0 aliphatic carbocycles. The van der Waals surface area contributed by atoms with Gasteiger partial charge in [0, 0.05) is 32.4 Å². The highest BCUT2D eigenvalue weighted by atomic mass is 15.2. The van der Waals surface area contributed by atoms with Crippen LogP contribution in [-0.2, 0) is 6.54 Å². The Bertz CT molecular complexity index is 404. The van der Waals surface area contributed by atoms with E-state index in [0.717, 1.165) is 32.0 Å². The summed E-state index contributed by atoms with van der Waals surface area (Å²) in [4.78, 5) is 9.49. The fourth-order valence-corrected chi connectivity index (χ4v) is 3.08. The van der Waals surface area contributed by atoms with Crippen LogP contribution in [0.3, 0.4) is 0 Å². The maximum atomic E-state index is 4.62. The Kier molecular flexibility index (Phi) is 6.46. The number of likely N-dealkylation sites (tertiary alicyclic amines) is 1. The quantitative estimate of drug-likeness (QED) is 0.746. The molecule has 1 unspecified atom stereocenters. The summed E-state index contributed by atoms with van der Waals surface area (Å²) in [6, 6.07) is 5.02. The van der Waals surface area contributed by atoms with Crippen LogP contribution in [0.25, 0.3) is 0 Å². The number of anilines is 1. The van der Waals surface area contributed by atoms with E-state index in [4.69, 9.17) is 0 Å². The topological polar surface area (TPSA) is 31.4 Å². The molecule has 4 heteroatoms. The van der Waals surface area contributed by atoms with Crippen molar-refractivity contribution in [1.82, 2.24) is 15.2 Å². The smallest absolute Gasteiger partial charge is 0.128 e. The van der Waals surface area contributed by atoms with Crippen LogP contribution < -0.4 is 10.2 Å². The van der Waals surface area contributed by atoms with Crippen LogP contribution in [-0.4, -0.2) is 49.2 Å². The summed E-state index contributed by atoms with van der Waals surface area (Å²) in [5.74, 6) is 1.08. The lowest BCUT2D eigenvalue weighted by Crippen LogP contribution is -2.39. The molecular formula is C17H30N4. The summed E-state index contributed by atoms with van der Waals surface area (Å²) in [6.45, 7) is 9.92. The van der Waals surface area contributed by atoms with Crippen molar-refractivity contribution >= 4 is 5.82 Å². The van der Waals surface area contributed by atoms with Crippen molar-refractivity contribution in [2.75, 3.05) is 38.1 Å². The van der Waals surface area contributed by atoms with Gasteiger partial charge in [-0.2, -0.15) is 0 Å². The van der Waals surface area contributed by atoms with Crippen molar-refractivity contribution in [3.8, 4) is 0 Å². The molecule has 0 spiro atoms. The van der Waals surface area contributed by atoms with Crippen LogP contribution in [0.5, 0.6) is 0 Å². The Morgan fingerprint density at radius 2 is 2.24 bits per heavy atom. The lowest BCUT2D eigenvalue weighted by Gasteiger charge is -2.28. The fraction of sp³-hybridized carbons (Fsp3) is 0.706. The van der Waals surface area contributed by atoms with E-state index in [1.807, 2.05) is 6.20 Å². The average Bonchev–Trinajstić information content (AvgIpc) is 2.95. The van der Waals surface area contributed by atoms with Crippen LogP contribution >= 0.6 is 0 Å². The Balaban J connectivity index is 1.86. The number of pyridine rings is 1. The van der Waals surface area contributed by atoms with Crippen LogP contribution in [0.1, 0.15) is 38.7 Å². The van der Waals surface area contributed by atoms with Gasteiger partial charge < -0.3 is 10.2 Å². The highest BCUT2D eigenvalue weighted by Gasteiger charge is 2.24. The van der Waals surface area contributed by atoms with Gasteiger partial charge in [0.15, 0.2) is 0 Å². The zero-order chi connectivity index (χ0) is 15.1. The van der Waals surface area contributed by atoms with Gasteiger partial charge in [-0.25, -0.2) is 4.98 Å². The number of likely N-dealkylation sites (N-methyl/N-ethyl adjacent to an activating group) is 2. The number of nitrogens with one attached hydrogen (secondary N) is 1. The van der Waals surface area contributed by atoms with Gasteiger partial charge in [-0.05, 0) is 50.5 Å². The molecule has 1 atom stereocenters. The van der Waals surface area contributed by atoms with E-state index in [1.54, 1.807) is 0 Å². The second-order valence-corrected chi connectivity index (χ2v) is 6.01. The largest absolute Gasteiger partial charge is 0.358 e. The normalized spacial score (nSPS) is 19.1. The second-order valence-electron chi connectivity index (χ2n) is 6.01. The van der Waals surface area contributed by atoms with Crippen LogP contribution in [0.4, 0.5) is 5.82 Å². The number of aromatic nitrogens is 1. The van der Waals surface area contributed by atoms with Crippen molar-refractivity contribution in [3.05, 3.63) is 23.9 Å². The molecule has 4 nitrogen and oxygen atoms in total. The molecule has 1 aromatic heterocycles. The summed E-state index contributed by atoms with van der Waals surface area (Å²) in [6.07, 6.45) is 5.82. The predicted octanol–water partition coefficient (Wildman–Crippen LogP) is 2.50. The van der Waals surface area contributed by atoms with Gasteiger partial charge in [0.1, 0.15) is 5.82 Å². The van der Waals surface area contributed by atoms with Crippen molar-refractivity contribution in [2.24, 2.45) is 0 Å².